The molecule has 13 heteroatoms. The Kier molecular flexibility index (Phi) is 16.5. The number of nitrogens with one attached hydrogen (secondary N) is 5. The molecule has 0 fully saturated rings. The first-order valence-corrected chi connectivity index (χ1v) is 15.1. The van der Waals surface area contributed by atoms with Crippen molar-refractivity contribution in [3.05, 3.63) is 0 Å². The third-order valence-electron chi connectivity index (χ3n) is 7.24. The van der Waals surface area contributed by atoms with Crippen molar-refractivity contribution in [3.63, 3.8) is 0 Å². The van der Waals surface area contributed by atoms with Crippen LogP contribution in [0.25, 0.3) is 0 Å². The van der Waals surface area contributed by atoms with Gasteiger partial charge in [0.15, 0.2) is 0 Å². The number of carbonyl (C=O) groups is 6. The number of rotatable bonds is 17. The van der Waals surface area contributed by atoms with E-state index in [4.69, 9.17) is 5.73 Å². The number of carboxylic acid groups (broad SMARTS) is 1. The van der Waals surface area contributed by atoms with Gasteiger partial charge in [0.1, 0.15) is 30.2 Å². The van der Waals surface area contributed by atoms with E-state index in [1.165, 1.54) is 0 Å². The van der Waals surface area contributed by atoms with Crippen LogP contribution >= 0.6 is 0 Å². The second-order valence-corrected chi connectivity index (χ2v) is 13.3. The average Bonchev–Trinajstić information content (AvgIpc) is 2.87. The number of nitrogens with two attached hydrogens (primary N) is 1. The Bertz CT molecular complexity index is 980. The van der Waals surface area contributed by atoms with Crippen LogP contribution in [-0.2, 0) is 28.8 Å². The summed E-state index contributed by atoms with van der Waals surface area (Å²) in [5, 5.41) is 22.7. The summed E-state index contributed by atoms with van der Waals surface area (Å²) in [6, 6.07) is -6.04. The van der Waals surface area contributed by atoms with Gasteiger partial charge in [0.2, 0.25) is 29.5 Å². The van der Waals surface area contributed by atoms with E-state index in [0.717, 1.165) is 0 Å². The number of hydrogen-bond donors (Lipinski definition) is 7. The van der Waals surface area contributed by atoms with Crippen molar-refractivity contribution >= 4 is 35.5 Å². The van der Waals surface area contributed by atoms with E-state index in [9.17, 15) is 33.9 Å². The Morgan fingerprint density at radius 3 is 0.791 bits per heavy atom. The summed E-state index contributed by atoms with van der Waals surface area (Å²) in [4.78, 5) is 77.2. The summed E-state index contributed by atoms with van der Waals surface area (Å²) in [6.07, 6.45) is 0. The van der Waals surface area contributed by atoms with Crippen LogP contribution in [0.2, 0.25) is 0 Å². The molecule has 0 heterocycles. The Morgan fingerprint density at radius 1 is 0.395 bits per heavy atom. The zero-order valence-corrected chi connectivity index (χ0v) is 27.9. The van der Waals surface area contributed by atoms with Crippen molar-refractivity contribution in [2.75, 3.05) is 0 Å². The van der Waals surface area contributed by atoms with Gasteiger partial charge in [-0.1, -0.05) is 83.1 Å². The molecule has 0 aromatic heterocycles. The fourth-order valence-corrected chi connectivity index (χ4v) is 4.18. The topological polar surface area (TPSA) is 209 Å². The molecule has 43 heavy (non-hydrogen) atoms. The predicted octanol–water partition coefficient (Wildman–Crippen LogP) is 0.758. The van der Waals surface area contributed by atoms with Gasteiger partial charge >= 0.3 is 5.97 Å². The summed E-state index contributed by atoms with van der Waals surface area (Å²) < 4.78 is 0. The van der Waals surface area contributed by atoms with Gasteiger partial charge in [-0.3, -0.25) is 24.0 Å². The molecular formula is C30H56N6O7. The maximum absolute atomic E-state index is 13.4. The van der Waals surface area contributed by atoms with Crippen LogP contribution in [0.4, 0.5) is 0 Å². The molecule has 0 saturated heterocycles. The monoisotopic (exact) mass is 612 g/mol. The second-order valence-electron chi connectivity index (χ2n) is 13.3. The highest BCUT2D eigenvalue weighted by Gasteiger charge is 2.36. The fraction of sp³-hybridized carbons (Fsp3) is 0.800. The van der Waals surface area contributed by atoms with Crippen molar-refractivity contribution < 1.29 is 33.9 Å². The molecule has 8 N–H and O–H groups in total. The quantitative estimate of drug-likeness (QED) is 0.124. The molecule has 0 spiro atoms. The number of amides is 5. The summed E-state index contributed by atoms with van der Waals surface area (Å²) in [5.74, 6) is -6.09. The summed E-state index contributed by atoms with van der Waals surface area (Å²) in [5.41, 5.74) is 5.94. The van der Waals surface area contributed by atoms with E-state index < -0.39 is 77.7 Å². The van der Waals surface area contributed by atoms with E-state index >= 15 is 0 Å². The lowest BCUT2D eigenvalue weighted by molar-refractivity contribution is -0.144. The maximum Gasteiger partial charge on any atom is 0.326 e. The Balaban J connectivity index is 5.85. The molecule has 5 amide bonds. The minimum atomic E-state index is -1.19. The zero-order chi connectivity index (χ0) is 33.9. The van der Waals surface area contributed by atoms with Gasteiger partial charge in [-0.2, -0.15) is 0 Å². The van der Waals surface area contributed by atoms with Crippen LogP contribution < -0.4 is 32.3 Å². The van der Waals surface area contributed by atoms with Gasteiger partial charge in [-0.15, -0.1) is 0 Å². The summed E-state index contributed by atoms with van der Waals surface area (Å²) in [6.45, 7) is 20.8. The van der Waals surface area contributed by atoms with Crippen LogP contribution in [-0.4, -0.2) is 76.9 Å². The van der Waals surface area contributed by atoms with E-state index in [-0.39, 0.29) is 29.6 Å². The smallest absolute Gasteiger partial charge is 0.326 e. The zero-order valence-electron chi connectivity index (χ0n) is 27.9. The largest absolute Gasteiger partial charge is 0.480 e. The molecule has 13 nitrogen and oxygen atoms in total. The molecule has 0 rings (SSSR count). The first-order valence-electron chi connectivity index (χ1n) is 15.1. The van der Waals surface area contributed by atoms with Crippen molar-refractivity contribution in [1.29, 1.82) is 0 Å². The van der Waals surface area contributed by atoms with Crippen molar-refractivity contribution in [2.24, 2.45) is 41.2 Å². The molecule has 0 aliphatic rings. The van der Waals surface area contributed by atoms with Gasteiger partial charge in [0, 0.05) is 0 Å². The predicted molar refractivity (Wildman–Crippen MR) is 164 cm³/mol. The highest BCUT2D eigenvalue weighted by molar-refractivity contribution is 5.96. The standard InChI is InChI=1S/C30H56N6O7/c1-13(2)19(31)25(37)32-20(14(3)4)26(38)33-21(15(5)6)27(39)34-22(16(7)8)28(40)35-23(17(9)10)29(41)36-24(18(11)12)30(42)43/h13-24H,31H2,1-12H3,(H,32,37)(H,33,38)(H,34,39)(H,35,40)(H,36,41)(H,42,43). The Hall–Kier alpha value is -3.22. The number of aliphatic carboxylic acids is 1. The molecule has 0 radical (unpaired) electrons. The van der Waals surface area contributed by atoms with Crippen molar-refractivity contribution in [2.45, 2.75) is 119 Å². The van der Waals surface area contributed by atoms with Gasteiger partial charge in [-0.05, 0) is 35.5 Å². The van der Waals surface area contributed by atoms with E-state index in [1.54, 1.807) is 83.1 Å². The third-order valence-corrected chi connectivity index (χ3v) is 7.24. The third kappa shape index (κ3) is 12.5. The van der Waals surface area contributed by atoms with Gasteiger partial charge in [-0.25, -0.2) is 4.79 Å². The lowest BCUT2D eigenvalue weighted by Gasteiger charge is -2.31. The molecule has 0 aromatic carbocycles. The Morgan fingerprint density at radius 2 is 0.605 bits per heavy atom. The number of carbonyl (C=O) groups excluding carboxylic acids is 5. The number of hydrogen-bond acceptors (Lipinski definition) is 7. The number of carboxylic acids is 1. The normalized spacial score (nSPS) is 16.0. The SMILES string of the molecule is CC(C)C(N)C(=O)NC(C(=O)NC(C(=O)NC(C(=O)NC(C(=O)NC(C(=O)O)C(C)C)C(C)C)C(C)C)C(C)C)C(C)C. The lowest BCUT2D eigenvalue weighted by Crippen LogP contribution is -2.62. The highest BCUT2D eigenvalue weighted by atomic mass is 16.4. The van der Waals surface area contributed by atoms with Crippen molar-refractivity contribution in [3.8, 4) is 0 Å². The van der Waals surface area contributed by atoms with E-state index in [1.807, 2.05) is 0 Å². The van der Waals surface area contributed by atoms with Gasteiger partial charge < -0.3 is 37.4 Å². The first-order chi connectivity index (χ1) is 19.6. The molecular weight excluding hydrogens is 556 g/mol. The Labute approximate surface area is 256 Å². The molecule has 0 bridgehead atoms. The first kappa shape index (κ1) is 39.8. The van der Waals surface area contributed by atoms with Gasteiger partial charge in [0.25, 0.3) is 0 Å². The molecule has 6 unspecified atom stereocenters. The van der Waals surface area contributed by atoms with E-state index in [0.29, 0.717) is 0 Å². The fourth-order valence-electron chi connectivity index (χ4n) is 4.18. The molecule has 0 aliphatic heterocycles. The molecule has 248 valence electrons. The average molecular weight is 613 g/mol. The van der Waals surface area contributed by atoms with Crippen LogP contribution in [0, 0.1) is 35.5 Å². The lowest BCUT2D eigenvalue weighted by atomic mass is 9.96. The highest BCUT2D eigenvalue weighted by Crippen LogP contribution is 2.12. The van der Waals surface area contributed by atoms with Crippen LogP contribution in [0.3, 0.4) is 0 Å². The second kappa shape index (κ2) is 17.8. The molecule has 0 saturated carbocycles. The summed E-state index contributed by atoms with van der Waals surface area (Å²) in [7, 11) is 0. The minimum Gasteiger partial charge on any atom is -0.480 e. The maximum atomic E-state index is 13.4. The van der Waals surface area contributed by atoms with Crippen LogP contribution in [0.1, 0.15) is 83.1 Å². The minimum absolute atomic E-state index is 0.139. The van der Waals surface area contributed by atoms with Gasteiger partial charge in [0.05, 0.1) is 6.04 Å². The summed E-state index contributed by atoms with van der Waals surface area (Å²) >= 11 is 0. The van der Waals surface area contributed by atoms with Crippen LogP contribution in [0.15, 0.2) is 0 Å². The van der Waals surface area contributed by atoms with E-state index in [2.05, 4.69) is 26.6 Å². The molecule has 0 aliphatic carbocycles. The molecule has 0 aromatic rings. The van der Waals surface area contributed by atoms with Crippen molar-refractivity contribution in [1.82, 2.24) is 26.6 Å². The van der Waals surface area contributed by atoms with Crippen LogP contribution in [0.5, 0.6) is 0 Å². The molecule has 6 atom stereocenters.